The van der Waals surface area contributed by atoms with E-state index in [2.05, 4.69) is 42.4 Å². The van der Waals surface area contributed by atoms with E-state index < -0.39 is 0 Å². The van der Waals surface area contributed by atoms with Gasteiger partial charge in [0, 0.05) is 37.1 Å². The second-order valence-electron chi connectivity index (χ2n) is 8.06. The Morgan fingerprint density at radius 3 is 2.56 bits per heavy atom. The van der Waals surface area contributed by atoms with E-state index >= 15 is 0 Å². The van der Waals surface area contributed by atoms with Crippen molar-refractivity contribution >= 4 is 30.3 Å². The van der Waals surface area contributed by atoms with Crippen LogP contribution in [0.15, 0.2) is 70.6 Å². The van der Waals surface area contributed by atoms with Crippen molar-refractivity contribution in [3.05, 3.63) is 77.2 Å². The molecule has 0 amide bonds. The van der Waals surface area contributed by atoms with Crippen LogP contribution in [0.3, 0.4) is 0 Å². The summed E-state index contributed by atoms with van der Waals surface area (Å²) in [6, 6.07) is 6.05. The fourth-order valence-corrected chi connectivity index (χ4v) is 3.29. The Morgan fingerprint density at radius 1 is 1.25 bits per heavy atom. The first-order chi connectivity index (χ1) is 15.4. The van der Waals surface area contributed by atoms with Crippen LogP contribution in [0.5, 0.6) is 0 Å². The molecule has 0 aromatic heterocycles. The maximum atomic E-state index is 6.69. The topological polar surface area (TPSA) is 66.0 Å². The van der Waals surface area contributed by atoms with Crippen molar-refractivity contribution in [3.63, 3.8) is 0 Å². The second-order valence-corrected chi connectivity index (χ2v) is 8.06. The molecule has 32 heavy (non-hydrogen) atoms. The van der Waals surface area contributed by atoms with Crippen molar-refractivity contribution in [2.24, 2.45) is 21.7 Å². The standard InChI is InChI=1S/C27H37N5/c1-7-10-14-29-21(6)25(20(4)5)18-30-26(19-31-32-15-11-16-32)27(28)24-17-22(8-2)12-13-23(24)9-3/h7-10,12-14,17,19-20,30H,2-3,11,15-16,18,28H2,1,4-6H3/b10-7-,25-21+,27-26?,29-14-,31-19?. The SMILES string of the molecule is C=Cc1ccc(C=C)c(C(N)=C(C=NN2CCC2)NC\C(=C(C)/N=C\C=C/C)C(C)C)c1. The Labute approximate surface area is 193 Å². The number of nitrogens with zero attached hydrogens (tertiary/aromatic N) is 3. The minimum atomic E-state index is 0.341. The van der Waals surface area contributed by atoms with Gasteiger partial charge in [0.25, 0.3) is 0 Å². The third-order valence-corrected chi connectivity index (χ3v) is 5.47. The molecule has 0 spiro atoms. The predicted molar refractivity (Wildman–Crippen MR) is 141 cm³/mol. The molecule has 0 unspecified atom stereocenters. The van der Waals surface area contributed by atoms with Gasteiger partial charge in [-0.2, -0.15) is 5.10 Å². The molecule has 1 aliphatic rings. The smallest absolute Gasteiger partial charge is 0.0786 e. The summed E-state index contributed by atoms with van der Waals surface area (Å²) in [5, 5.41) is 10.2. The van der Waals surface area contributed by atoms with Gasteiger partial charge in [0.15, 0.2) is 0 Å². The molecule has 170 valence electrons. The monoisotopic (exact) mass is 431 g/mol. The maximum absolute atomic E-state index is 6.69. The van der Waals surface area contributed by atoms with Gasteiger partial charge >= 0.3 is 0 Å². The summed E-state index contributed by atoms with van der Waals surface area (Å²) in [4.78, 5) is 4.58. The van der Waals surface area contributed by atoms with Crippen LogP contribution in [0.2, 0.25) is 0 Å². The van der Waals surface area contributed by atoms with Crippen molar-refractivity contribution < 1.29 is 0 Å². The lowest BCUT2D eigenvalue weighted by Gasteiger charge is -2.27. The summed E-state index contributed by atoms with van der Waals surface area (Å²) in [5.74, 6) is 0.341. The summed E-state index contributed by atoms with van der Waals surface area (Å²) in [6.07, 6.45) is 12.4. The highest BCUT2D eigenvalue weighted by atomic mass is 15.5. The summed E-state index contributed by atoms with van der Waals surface area (Å²) in [7, 11) is 0. The molecule has 0 radical (unpaired) electrons. The molecule has 5 heteroatoms. The largest absolute Gasteiger partial charge is 0.397 e. The summed E-state index contributed by atoms with van der Waals surface area (Å²) in [5.41, 5.74) is 13.2. The third kappa shape index (κ3) is 6.84. The van der Waals surface area contributed by atoms with Gasteiger partial charge in [0.05, 0.1) is 17.6 Å². The van der Waals surface area contributed by atoms with Gasteiger partial charge < -0.3 is 11.1 Å². The normalized spacial score (nSPS) is 15.8. The maximum Gasteiger partial charge on any atom is 0.0786 e. The van der Waals surface area contributed by atoms with Crippen molar-refractivity contribution in [2.45, 2.75) is 34.1 Å². The third-order valence-electron chi connectivity index (χ3n) is 5.47. The van der Waals surface area contributed by atoms with E-state index in [0.717, 1.165) is 41.2 Å². The van der Waals surface area contributed by atoms with Crippen LogP contribution in [-0.4, -0.2) is 37.1 Å². The van der Waals surface area contributed by atoms with E-state index in [4.69, 9.17) is 5.73 Å². The average Bonchev–Trinajstić information content (AvgIpc) is 2.75. The Bertz CT molecular complexity index is 956. The highest BCUT2D eigenvalue weighted by molar-refractivity contribution is 5.91. The molecule has 2 rings (SSSR count). The number of hydrogen-bond acceptors (Lipinski definition) is 5. The molecule has 0 saturated carbocycles. The molecule has 0 bridgehead atoms. The Kier molecular flexibility index (Phi) is 9.74. The number of allylic oxidation sites excluding steroid dienone is 4. The fraction of sp³-hybridized carbons (Fsp3) is 0.333. The lowest BCUT2D eigenvalue weighted by Crippen LogP contribution is -2.33. The highest BCUT2D eigenvalue weighted by Crippen LogP contribution is 2.22. The van der Waals surface area contributed by atoms with Crippen LogP contribution in [0.4, 0.5) is 0 Å². The minimum Gasteiger partial charge on any atom is -0.397 e. The molecular formula is C27H37N5. The van der Waals surface area contributed by atoms with Crippen molar-refractivity contribution in [1.29, 1.82) is 0 Å². The van der Waals surface area contributed by atoms with Crippen molar-refractivity contribution in [3.8, 4) is 0 Å². The fourth-order valence-electron chi connectivity index (χ4n) is 3.29. The van der Waals surface area contributed by atoms with Gasteiger partial charge in [-0.15, -0.1) is 0 Å². The molecule has 0 aliphatic carbocycles. The van der Waals surface area contributed by atoms with E-state index in [-0.39, 0.29) is 0 Å². The van der Waals surface area contributed by atoms with Crippen molar-refractivity contribution in [2.75, 3.05) is 19.6 Å². The number of aliphatic imine (C=N–C) groups is 1. The van der Waals surface area contributed by atoms with E-state index in [9.17, 15) is 0 Å². The van der Waals surface area contributed by atoms with Gasteiger partial charge in [0.1, 0.15) is 0 Å². The summed E-state index contributed by atoms with van der Waals surface area (Å²) in [6.45, 7) is 18.8. The van der Waals surface area contributed by atoms with E-state index in [1.165, 1.54) is 12.0 Å². The zero-order valence-electron chi connectivity index (χ0n) is 19.9. The molecule has 0 atom stereocenters. The predicted octanol–water partition coefficient (Wildman–Crippen LogP) is 5.46. The molecule has 1 heterocycles. The van der Waals surface area contributed by atoms with Crippen LogP contribution in [0.1, 0.15) is 50.8 Å². The van der Waals surface area contributed by atoms with Gasteiger partial charge in [-0.3, -0.25) is 10.0 Å². The van der Waals surface area contributed by atoms with Crippen LogP contribution in [0.25, 0.3) is 17.8 Å². The number of benzene rings is 1. The number of hydrazone groups is 1. The van der Waals surface area contributed by atoms with E-state index in [0.29, 0.717) is 18.2 Å². The molecule has 1 fully saturated rings. The van der Waals surface area contributed by atoms with Crippen LogP contribution >= 0.6 is 0 Å². The van der Waals surface area contributed by atoms with E-state index in [1.807, 2.05) is 73.8 Å². The number of rotatable bonds is 11. The lowest BCUT2D eigenvalue weighted by molar-refractivity contribution is 0.191. The van der Waals surface area contributed by atoms with Gasteiger partial charge in [-0.05, 0) is 55.0 Å². The number of nitrogens with one attached hydrogen (secondary N) is 1. The Morgan fingerprint density at radius 2 is 2.00 bits per heavy atom. The quantitative estimate of drug-likeness (QED) is 0.457. The molecule has 3 N–H and O–H groups in total. The molecule has 1 aliphatic heterocycles. The summed E-state index contributed by atoms with van der Waals surface area (Å²) >= 11 is 0. The first-order valence-corrected chi connectivity index (χ1v) is 11.2. The zero-order valence-corrected chi connectivity index (χ0v) is 19.9. The Hall–Kier alpha value is -3.34. The number of nitrogens with two attached hydrogens (primary N) is 1. The first kappa shape index (κ1) is 24.9. The van der Waals surface area contributed by atoms with Crippen molar-refractivity contribution in [1.82, 2.24) is 10.3 Å². The zero-order chi connectivity index (χ0) is 23.5. The second kappa shape index (κ2) is 12.5. The Balaban J connectivity index is 2.44. The number of hydrogen-bond donors (Lipinski definition) is 2. The van der Waals surface area contributed by atoms with Gasteiger partial charge in [-0.1, -0.05) is 57.4 Å². The molecule has 1 aromatic rings. The van der Waals surface area contributed by atoms with Crippen LogP contribution in [-0.2, 0) is 0 Å². The van der Waals surface area contributed by atoms with E-state index in [1.54, 1.807) is 0 Å². The van der Waals surface area contributed by atoms with Crippen LogP contribution < -0.4 is 11.1 Å². The minimum absolute atomic E-state index is 0.341. The van der Waals surface area contributed by atoms with Crippen LogP contribution in [0, 0.1) is 5.92 Å². The lowest BCUT2D eigenvalue weighted by atomic mass is 9.99. The van der Waals surface area contributed by atoms with Gasteiger partial charge in [0.2, 0.25) is 0 Å². The average molecular weight is 432 g/mol. The van der Waals surface area contributed by atoms with Gasteiger partial charge in [-0.25, -0.2) is 0 Å². The highest BCUT2D eigenvalue weighted by Gasteiger charge is 2.14. The molecular weight excluding hydrogens is 394 g/mol. The summed E-state index contributed by atoms with van der Waals surface area (Å²) < 4.78 is 0. The molecule has 5 nitrogen and oxygen atoms in total. The molecule has 1 aromatic carbocycles. The molecule has 1 saturated heterocycles. The first-order valence-electron chi connectivity index (χ1n) is 11.2.